The summed E-state index contributed by atoms with van der Waals surface area (Å²) in [6, 6.07) is 19.7. The van der Waals surface area contributed by atoms with Gasteiger partial charge in [0.25, 0.3) is 0 Å². The lowest BCUT2D eigenvalue weighted by Crippen LogP contribution is -2.32. The Morgan fingerprint density at radius 1 is 1.00 bits per heavy atom. The molecule has 5 nitrogen and oxygen atoms in total. The molecule has 3 aromatic carbocycles. The minimum Gasteiger partial charge on any atom is -0.480 e. The molecule has 2 atom stereocenters. The Hall–Kier alpha value is -3.16. The number of halogens is 3. The molecule has 8 heteroatoms. The molecule has 0 unspecified atom stereocenters. The molecule has 1 N–H and O–H groups in total. The van der Waals surface area contributed by atoms with Crippen LogP contribution in [-0.4, -0.2) is 14.8 Å². The fourth-order valence-corrected chi connectivity index (χ4v) is 4.76. The van der Waals surface area contributed by atoms with Gasteiger partial charge in [0.2, 0.25) is 5.95 Å². The van der Waals surface area contributed by atoms with E-state index < -0.39 is 6.10 Å². The Morgan fingerprint density at radius 2 is 1.75 bits per heavy atom. The highest BCUT2D eigenvalue weighted by Crippen LogP contribution is 2.51. The second kappa shape index (κ2) is 7.46. The van der Waals surface area contributed by atoms with Crippen LogP contribution >= 0.6 is 27.5 Å². The summed E-state index contributed by atoms with van der Waals surface area (Å²) in [5.74, 6) is 1.03. The lowest BCUT2D eigenvalue weighted by molar-refractivity contribution is 0.223. The largest absolute Gasteiger partial charge is 0.480 e. The molecule has 0 fully saturated rings. The summed E-state index contributed by atoms with van der Waals surface area (Å²) in [4.78, 5) is 4.40. The van der Waals surface area contributed by atoms with E-state index in [0.717, 1.165) is 38.2 Å². The minimum absolute atomic E-state index is 0.294. The molecule has 0 amide bonds. The van der Waals surface area contributed by atoms with E-state index in [1.807, 2.05) is 42.5 Å². The molecule has 2 aliphatic heterocycles. The van der Waals surface area contributed by atoms with E-state index in [-0.39, 0.29) is 11.9 Å². The smallest absolute Gasteiger partial charge is 0.226 e. The third-order valence-electron chi connectivity index (χ3n) is 5.73. The summed E-state index contributed by atoms with van der Waals surface area (Å²) in [5, 5.41) is 8.51. The van der Waals surface area contributed by atoms with Crippen LogP contribution in [-0.2, 0) is 0 Å². The van der Waals surface area contributed by atoms with Crippen LogP contribution in [0, 0.1) is 5.82 Å². The first-order chi connectivity index (χ1) is 15.6. The summed E-state index contributed by atoms with van der Waals surface area (Å²) < 4.78 is 23.1. The van der Waals surface area contributed by atoms with Gasteiger partial charge in [-0.1, -0.05) is 51.8 Å². The van der Waals surface area contributed by atoms with Gasteiger partial charge in [-0.25, -0.2) is 9.07 Å². The molecule has 1 aromatic heterocycles. The van der Waals surface area contributed by atoms with Crippen LogP contribution < -0.4 is 10.1 Å². The normalized spacial score (nSPS) is 18.8. The average Bonchev–Trinajstić information content (AvgIpc) is 3.27. The van der Waals surface area contributed by atoms with Gasteiger partial charge in [-0.05, 0) is 53.6 Å². The van der Waals surface area contributed by atoms with Gasteiger partial charge in [0.15, 0.2) is 0 Å². The van der Waals surface area contributed by atoms with Gasteiger partial charge in [-0.15, -0.1) is 0 Å². The lowest BCUT2D eigenvalue weighted by Gasteiger charge is -2.39. The third kappa shape index (κ3) is 3.12. The van der Waals surface area contributed by atoms with Crippen molar-refractivity contribution in [3.8, 4) is 5.75 Å². The number of hydrogen-bond acceptors (Lipinski definition) is 4. The number of fused-ring (bicyclic) bond motifs is 3. The van der Waals surface area contributed by atoms with Crippen LogP contribution in [0.15, 0.2) is 83.1 Å². The molecular formula is C24H15BrClFN4O. The maximum absolute atomic E-state index is 13.7. The first kappa shape index (κ1) is 19.5. The molecule has 32 heavy (non-hydrogen) atoms. The van der Waals surface area contributed by atoms with Gasteiger partial charge in [0, 0.05) is 20.6 Å². The second-order valence-electron chi connectivity index (χ2n) is 7.63. The molecule has 0 aliphatic carbocycles. The molecule has 0 bridgehead atoms. The fourth-order valence-electron chi connectivity index (χ4n) is 4.32. The van der Waals surface area contributed by atoms with Gasteiger partial charge in [-0.3, -0.25) is 0 Å². The number of aromatic nitrogens is 3. The first-order valence-electron chi connectivity index (χ1n) is 9.96. The lowest BCUT2D eigenvalue weighted by atomic mass is 9.84. The average molecular weight is 510 g/mol. The number of rotatable bonds is 2. The Labute approximate surface area is 196 Å². The van der Waals surface area contributed by atoms with E-state index >= 15 is 0 Å². The van der Waals surface area contributed by atoms with Crippen molar-refractivity contribution in [1.82, 2.24) is 14.8 Å². The molecule has 158 valence electrons. The first-order valence-corrected chi connectivity index (χ1v) is 11.1. The SMILES string of the molecule is Fc1ccc([C@@H]2C3=C(Nc4ncnn42)c2cc(Cl)ccc2O[C@@H]3c2ccc(Br)cc2)cc1. The Balaban J connectivity index is 1.63. The van der Waals surface area contributed by atoms with E-state index in [1.54, 1.807) is 16.8 Å². The number of anilines is 1. The van der Waals surface area contributed by atoms with E-state index in [2.05, 4.69) is 31.3 Å². The maximum atomic E-state index is 13.7. The zero-order chi connectivity index (χ0) is 21.8. The summed E-state index contributed by atoms with van der Waals surface area (Å²) in [6.07, 6.45) is 1.11. The number of nitrogens with one attached hydrogen (secondary N) is 1. The standard InChI is InChI=1S/C24H15BrClFN4O/c25-15-5-1-14(2-6-15)23-20-21(18-11-16(26)7-10-19(18)32-23)30-24-28-12-29-31(24)22(20)13-3-8-17(27)9-4-13/h1-12,22-23H,(H,28,29,30)/t22-,23-/m1/s1. The molecule has 0 spiro atoms. The van der Waals surface area contributed by atoms with Crippen molar-refractivity contribution in [2.45, 2.75) is 12.1 Å². The number of benzene rings is 3. The molecular weight excluding hydrogens is 495 g/mol. The molecule has 3 heterocycles. The predicted octanol–water partition coefficient (Wildman–Crippen LogP) is 6.39. The number of nitrogens with zero attached hydrogens (tertiary/aromatic N) is 3. The maximum Gasteiger partial charge on any atom is 0.226 e. The Bertz CT molecular complexity index is 1370. The molecule has 0 radical (unpaired) electrons. The number of hydrogen-bond donors (Lipinski definition) is 1. The van der Waals surface area contributed by atoms with Crippen molar-refractivity contribution in [2.24, 2.45) is 0 Å². The van der Waals surface area contributed by atoms with E-state index in [4.69, 9.17) is 16.3 Å². The van der Waals surface area contributed by atoms with Gasteiger partial charge in [0.1, 0.15) is 30.0 Å². The van der Waals surface area contributed by atoms with Gasteiger partial charge in [-0.2, -0.15) is 10.1 Å². The highest BCUT2D eigenvalue weighted by molar-refractivity contribution is 9.10. The molecule has 6 rings (SSSR count). The van der Waals surface area contributed by atoms with Crippen LogP contribution in [0.5, 0.6) is 5.75 Å². The quantitative estimate of drug-likeness (QED) is 0.340. The second-order valence-corrected chi connectivity index (χ2v) is 8.98. The zero-order valence-electron chi connectivity index (χ0n) is 16.5. The highest BCUT2D eigenvalue weighted by atomic mass is 79.9. The Kier molecular flexibility index (Phi) is 4.55. The van der Waals surface area contributed by atoms with Crippen molar-refractivity contribution in [3.63, 3.8) is 0 Å². The summed E-state index contributed by atoms with van der Waals surface area (Å²) in [7, 11) is 0. The zero-order valence-corrected chi connectivity index (χ0v) is 18.8. The monoisotopic (exact) mass is 508 g/mol. The molecule has 4 aromatic rings. The minimum atomic E-state index is -0.397. The summed E-state index contributed by atoms with van der Waals surface area (Å²) in [5.41, 5.74) is 4.53. The topological polar surface area (TPSA) is 52.0 Å². The van der Waals surface area contributed by atoms with Crippen molar-refractivity contribution < 1.29 is 9.13 Å². The van der Waals surface area contributed by atoms with Crippen LogP contribution in [0.1, 0.15) is 28.8 Å². The van der Waals surface area contributed by atoms with E-state index in [0.29, 0.717) is 11.0 Å². The van der Waals surface area contributed by atoms with Gasteiger partial charge in [0.05, 0.1) is 5.70 Å². The number of ether oxygens (including phenoxy) is 1. The molecule has 2 aliphatic rings. The van der Waals surface area contributed by atoms with Crippen molar-refractivity contribution in [2.75, 3.05) is 5.32 Å². The van der Waals surface area contributed by atoms with Crippen molar-refractivity contribution >= 4 is 39.2 Å². The molecule has 0 saturated carbocycles. The van der Waals surface area contributed by atoms with Crippen LogP contribution in [0.25, 0.3) is 5.70 Å². The van der Waals surface area contributed by atoms with Gasteiger partial charge < -0.3 is 10.1 Å². The third-order valence-corrected chi connectivity index (χ3v) is 6.50. The van der Waals surface area contributed by atoms with Crippen molar-refractivity contribution in [3.05, 3.63) is 111 Å². The highest BCUT2D eigenvalue weighted by Gasteiger charge is 2.41. The van der Waals surface area contributed by atoms with Crippen LogP contribution in [0.4, 0.5) is 10.3 Å². The van der Waals surface area contributed by atoms with E-state index in [9.17, 15) is 4.39 Å². The van der Waals surface area contributed by atoms with Crippen LogP contribution in [0.2, 0.25) is 5.02 Å². The summed E-state index contributed by atoms with van der Waals surface area (Å²) >= 11 is 9.85. The fraction of sp³-hybridized carbons (Fsp3) is 0.0833. The van der Waals surface area contributed by atoms with E-state index in [1.165, 1.54) is 18.5 Å². The van der Waals surface area contributed by atoms with Crippen molar-refractivity contribution in [1.29, 1.82) is 0 Å². The molecule has 0 saturated heterocycles. The van der Waals surface area contributed by atoms with Crippen LogP contribution in [0.3, 0.4) is 0 Å². The predicted molar refractivity (Wildman–Crippen MR) is 124 cm³/mol. The Morgan fingerprint density at radius 3 is 2.53 bits per heavy atom. The van der Waals surface area contributed by atoms with Gasteiger partial charge >= 0.3 is 0 Å². The summed E-state index contributed by atoms with van der Waals surface area (Å²) in [6.45, 7) is 0.